The molecular formula is C12H24N2O3S. The zero-order chi connectivity index (χ0) is 13.2. The van der Waals surface area contributed by atoms with Gasteiger partial charge in [-0.05, 0) is 24.7 Å². The molecule has 0 spiro atoms. The predicted octanol–water partition coefficient (Wildman–Crippen LogP) is 0.931. The van der Waals surface area contributed by atoms with Crippen molar-refractivity contribution in [3.63, 3.8) is 0 Å². The van der Waals surface area contributed by atoms with Crippen LogP contribution in [0.3, 0.4) is 0 Å². The van der Waals surface area contributed by atoms with Gasteiger partial charge in [-0.15, -0.1) is 0 Å². The van der Waals surface area contributed by atoms with Crippen molar-refractivity contribution in [3.05, 3.63) is 0 Å². The van der Waals surface area contributed by atoms with Crippen molar-refractivity contribution in [1.82, 2.24) is 8.61 Å². The molecule has 0 aromatic rings. The van der Waals surface area contributed by atoms with Crippen molar-refractivity contribution >= 4 is 10.2 Å². The Bertz CT molecular complexity index is 356. The Kier molecular flexibility index (Phi) is 4.64. The summed E-state index contributed by atoms with van der Waals surface area (Å²) >= 11 is 0. The van der Waals surface area contributed by atoms with Crippen LogP contribution >= 0.6 is 0 Å². The third-order valence-corrected chi connectivity index (χ3v) is 6.10. The van der Waals surface area contributed by atoms with E-state index in [1.165, 1.54) is 0 Å². The fourth-order valence-corrected chi connectivity index (χ4v) is 4.32. The number of ether oxygens (including phenoxy) is 1. The molecule has 106 valence electrons. The maximum absolute atomic E-state index is 12.4. The highest BCUT2D eigenvalue weighted by molar-refractivity contribution is 7.86. The normalized spacial score (nSPS) is 25.7. The van der Waals surface area contributed by atoms with Crippen LogP contribution in [0.25, 0.3) is 0 Å². The van der Waals surface area contributed by atoms with Gasteiger partial charge in [0.2, 0.25) is 0 Å². The second-order valence-electron chi connectivity index (χ2n) is 5.50. The summed E-state index contributed by atoms with van der Waals surface area (Å²) in [6, 6.07) is 0. The van der Waals surface area contributed by atoms with E-state index in [2.05, 4.69) is 13.8 Å². The van der Waals surface area contributed by atoms with Crippen molar-refractivity contribution in [3.8, 4) is 0 Å². The maximum Gasteiger partial charge on any atom is 0.282 e. The second-order valence-corrected chi connectivity index (χ2v) is 7.43. The Labute approximate surface area is 110 Å². The largest absolute Gasteiger partial charge is 0.379 e. The van der Waals surface area contributed by atoms with Crippen LogP contribution in [0.4, 0.5) is 0 Å². The summed E-state index contributed by atoms with van der Waals surface area (Å²) in [5.74, 6) is 1.32. The summed E-state index contributed by atoms with van der Waals surface area (Å²) in [4.78, 5) is 0. The molecule has 2 aliphatic rings. The smallest absolute Gasteiger partial charge is 0.282 e. The highest BCUT2D eigenvalue weighted by Crippen LogP contribution is 2.26. The summed E-state index contributed by atoms with van der Waals surface area (Å²) in [7, 11) is -3.25. The quantitative estimate of drug-likeness (QED) is 0.770. The molecule has 0 bridgehead atoms. The highest BCUT2D eigenvalue weighted by atomic mass is 32.2. The van der Waals surface area contributed by atoms with Crippen molar-refractivity contribution < 1.29 is 13.2 Å². The van der Waals surface area contributed by atoms with E-state index in [1.54, 1.807) is 8.61 Å². The SMILES string of the molecule is CC(C)C1CCN(S(=O)(=O)N2CCOCC2)CC1. The fourth-order valence-electron chi connectivity index (χ4n) is 2.71. The molecule has 0 aromatic carbocycles. The van der Waals surface area contributed by atoms with Gasteiger partial charge in [0.25, 0.3) is 10.2 Å². The first-order chi connectivity index (χ1) is 8.51. The fraction of sp³-hybridized carbons (Fsp3) is 1.00. The van der Waals surface area contributed by atoms with E-state index in [0.29, 0.717) is 51.2 Å². The summed E-state index contributed by atoms with van der Waals surface area (Å²) in [6.07, 6.45) is 1.97. The van der Waals surface area contributed by atoms with Gasteiger partial charge >= 0.3 is 0 Å². The van der Waals surface area contributed by atoms with Gasteiger partial charge in [0.15, 0.2) is 0 Å². The third kappa shape index (κ3) is 3.04. The Balaban J connectivity index is 1.95. The van der Waals surface area contributed by atoms with E-state index in [-0.39, 0.29) is 0 Å². The van der Waals surface area contributed by atoms with E-state index < -0.39 is 10.2 Å². The van der Waals surface area contributed by atoms with E-state index in [0.717, 1.165) is 12.8 Å². The monoisotopic (exact) mass is 276 g/mol. The molecule has 2 heterocycles. The number of morpholine rings is 1. The van der Waals surface area contributed by atoms with Crippen LogP contribution in [0.1, 0.15) is 26.7 Å². The van der Waals surface area contributed by atoms with Gasteiger partial charge in [-0.25, -0.2) is 0 Å². The molecule has 18 heavy (non-hydrogen) atoms. The molecule has 0 amide bonds. The minimum atomic E-state index is -3.25. The van der Waals surface area contributed by atoms with Crippen LogP contribution in [0.5, 0.6) is 0 Å². The average Bonchev–Trinajstić information content (AvgIpc) is 2.40. The van der Waals surface area contributed by atoms with Gasteiger partial charge in [0.05, 0.1) is 13.2 Å². The topological polar surface area (TPSA) is 49.9 Å². The molecule has 2 saturated heterocycles. The second kappa shape index (κ2) is 5.86. The number of hydrogen-bond donors (Lipinski definition) is 0. The van der Waals surface area contributed by atoms with Gasteiger partial charge in [0, 0.05) is 26.2 Å². The van der Waals surface area contributed by atoms with E-state index in [4.69, 9.17) is 4.74 Å². The van der Waals surface area contributed by atoms with E-state index in [1.807, 2.05) is 0 Å². The number of rotatable bonds is 3. The molecule has 0 radical (unpaired) electrons. The molecule has 0 atom stereocenters. The molecule has 2 rings (SSSR count). The van der Waals surface area contributed by atoms with Crippen LogP contribution in [-0.2, 0) is 14.9 Å². The summed E-state index contributed by atoms with van der Waals surface area (Å²) in [6.45, 7) is 7.79. The Morgan fingerprint density at radius 3 is 2.00 bits per heavy atom. The first kappa shape index (κ1) is 14.2. The molecule has 2 aliphatic heterocycles. The van der Waals surface area contributed by atoms with Gasteiger partial charge < -0.3 is 4.74 Å². The molecule has 0 aromatic heterocycles. The number of nitrogens with zero attached hydrogens (tertiary/aromatic N) is 2. The minimum Gasteiger partial charge on any atom is -0.379 e. The van der Waals surface area contributed by atoms with Crippen LogP contribution in [0, 0.1) is 11.8 Å². The van der Waals surface area contributed by atoms with Crippen LogP contribution in [0.15, 0.2) is 0 Å². The minimum absolute atomic E-state index is 0.493. The van der Waals surface area contributed by atoms with Crippen molar-refractivity contribution in [2.24, 2.45) is 11.8 Å². The van der Waals surface area contributed by atoms with Gasteiger partial charge in [0.1, 0.15) is 0 Å². The molecule has 0 aliphatic carbocycles. The van der Waals surface area contributed by atoms with E-state index >= 15 is 0 Å². The first-order valence-corrected chi connectivity index (χ1v) is 8.24. The van der Waals surface area contributed by atoms with Gasteiger partial charge in [-0.1, -0.05) is 13.8 Å². The Morgan fingerprint density at radius 2 is 1.50 bits per heavy atom. The van der Waals surface area contributed by atoms with Crippen LogP contribution in [0.2, 0.25) is 0 Å². The zero-order valence-electron chi connectivity index (χ0n) is 11.3. The summed E-state index contributed by atoms with van der Waals surface area (Å²) in [5.41, 5.74) is 0. The van der Waals surface area contributed by atoms with Gasteiger partial charge in [-0.3, -0.25) is 0 Å². The molecule has 0 N–H and O–H groups in total. The van der Waals surface area contributed by atoms with Crippen molar-refractivity contribution in [1.29, 1.82) is 0 Å². The van der Waals surface area contributed by atoms with Crippen molar-refractivity contribution in [2.75, 3.05) is 39.4 Å². The Hall–Kier alpha value is -0.170. The van der Waals surface area contributed by atoms with Crippen LogP contribution in [-0.4, -0.2) is 56.4 Å². The lowest BCUT2D eigenvalue weighted by atomic mass is 9.87. The highest BCUT2D eigenvalue weighted by Gasteiger charge is 2.34. The zero-order valence-corrected chi connectivity index (χ0v) is 12.2. The standard InChI is InChI=1S/C12H24N2O3S/c1-11(2)12-3-5-13(6-4-12)18(15,16)14-7-9-17-10-8-14/h11-12H,3-10H2,1-2H3. The maximum atomic E-state index is 12.4. The lowest BCUT2D eigenvalue weighted by molar-refractivity contribution is 0.0690. The average molecular weight is 276 g/mol. The number of hydrogen-bond acceptors (Lipinski definition) is 3. The summed E-state index contributed by atoms with van der Waals surface area (Å²) in [5, 5.41) is 0. The van der Waals surface area contributed by atoms with E-state index in [9.17, 15) is 8.42 Å². The van der Waals surface area contributed by atoms with Crippen molar-refractivity contribution in [2.45, 2.75) is 26.7 Å². The number of piperidine rings is 1. The molecule has 6 heteroatoms. The predicted molar refractivity (Wildman–Crippen MR) is 70.4 cm³/mol. The van der Waals surface area contributed by atoms with Crippen LogP contribution < -0.4 is 0 Å². The lowest BCUT2D eigenvalue weighted by Crippen LogP contribution is -2.50. The molecular weight excluding hydrogens is 252 g/mol. The molecule has 0 saturated carbocycles. The van der Waals surface area contributed by atoms with Gasteiger partial charge in [-0.2, -0.15) is 17.0 Å². The summed E-state index contributed by atoms with van der Waals surface area (Å²) < 4.78 is 33.2. The molecule has 2 fully saturated rings. The Morgan fingerprint density at radius 1 is 1.00 bits per heavy atom. The third-order valence-electron chi connectivity index (χ3n) is 4.06. The molecule has 5 nitrogen and oxygen atoms in total. The molecule has 0 unspecified atom stereocenters. The first-order valence-electron chi connectivity index (χ1n) is 6.85. The lowest BCUT2D eigenvalue weighted by Gasteiger charge is -2.37.